The summed E-state index contributed by atoms with van der Waals surface area (Å²) in [7, 11) is 1.83. The molecule has 0 amide bonds. The molecule has 0 spiro atoms. The number of rotatable bonds is 3. The van der Waals surface area contributed by atoms with Gasteiger partial charge in [0.25, 0.3) is 0 Å². The van der Waals surface area contributed by atoms with E-state index in [1.54, 1.807) is 4.68 Å². The second-order valence-corrected chi connectivity index (χ2v) is 4.22. The summed E-state index contributed by atoms with van der Waals surface area (Å²) in [6.45, 7) is -0.0867. The third kappa shape index (κ3) is 2.03. The van der Waals surface area contributed by atoms with E-state index in [1.165, 1.54) is 25.7 Å². The van der Waals surface area contributed by atoms with Crippen LogP contribution in [0.2, 0.25) is 0 Å². The Kier molecular flexibility index (Phi) is 3.02. The molecule has 1 aliphatic carbocycles. The highest BCUT2D eigenvalue weighted by atomic mass is 16.3. The topological polar surface area (TPSA) is 77.0 Å². The molecule has 3 N–H and O–H groups in total. The van der Waals surface area contributed by atoms with E-state index in [2.05, 4.69) is 10.1 Å². The third-order valence-corrected chi connectivity index (χ3v) is 3.06. The van der Waals surface area contributed by atoms with E-state index in [9.17, 15) is 0 Å². The van der Waals surface area contributed by atoms with Gasteiger partial charge in [0.2, 0.25) is 0 Å². The molecule has 1 aromatic heterocycles. The minimum Gasteiger partial charge on any atom is -0.394 e. The lowest BCUT2D eigenvalue weighted by Gasteiger charge is -2.05. The van der Waals surface area contributed by atoms with Crippen molar-refractivity contribution in [3.8, 4) is 0 Å². The quantitative estimate of drug-likeness (QED) is 0.760. The molecule has 0 aliphatic heterocycles. The van der Waals surface area contributed by atoms with E-state index < -0.39 is 6.04 Å². The van der Waals surface area contributed by atoms with Crippen LogP contribution in [0.15, 0.2) is 0 Å². The van der Waals surface area contributed by atoms with Gasteiger partial charge in [0.1, 0.15) is 5.82 Å². The summed E-state index contributed by atoms with van der Waals surface area (Å²) < 4.78 is 1.69. The molecule has 1 saturated carbocycles. The first-order valence-corrected chi connectivity index (χ1v) is 5.49. The van der Waals surface area contributed by atoms with Gasteiger partial charge in [0.15, 0.2) is 5.82 Å². The largest absolute Gasteiger partial charge is 0.394 e. The van der Waals surface area contributed by atoms with Crippen molar-refractivity contribution >= 4 is 0 Å². The van der Waals surface area contributed by atoms with Crippen LogP contribution in [0.1, 0.15) is 49.3 Å². The molecule has 2 rings (SSSR count). The molecule has 5 nitrogen and oxygen atoms in total. The standard InChI is InChI=1S/C10H18N4O/c1-14-10(8(11)6-15)12-9(13-14)7-4-2-3-5-7/h7-8,15H,2-6,11H2,1H3. The summed E-state index contributed by atoms with van der Waals surface area (Å²) in [6.07, 6.45) is 4.89. The van der Waals surface area contributed by atoms with Crippen LogP contribution in [0.4, 0.5) is 0 Å². The highest BCUT2D eigenvalue weighted by Crippen LogP contribution is 2.32. The molecule has 0 aromatic carbocycles. The second-order valence-electron chi connectivity index (χ2n) is 4.22. The Morgan fingerprint density at radius 2 is 2.20 bits per heavy atom. The van der Waals surface area contributed by atoms with Gasteiger partial charge in [-0.1, -0.05) is 12.8 Å². The average Bonchev–Trinajstić information content (AvgIpc) is 2.84. The number of nitrogens with zero attached hydrogens (tertiary/aromatic N) is 3. The number of aliphatic hydroxyl groups excluding tert-OH is 1. The summed E-state index contributed by atoms with van der Waals surface area (Å²) >= 11 is 0. The molecule has 0 radical (unpaired) electrons. The van der Waals surface area contributed by atoms with E-state index in [4.69, 9.17) is 10.8 Å². The molecule has 0 bridgehead atoms. The molecule has 15 heavy (non-hydrogen) atoms. The lowest BCUT2D eigenvalue weighted by Crippen LogP contribution is -2.19. The van der Waals surface area contributed by atoms with Crippen molar-refractivity contribution in [1.82, 2.24) is 14.8 Å². The van der Waals surface area contributed by atoms with Crippen molar-refractivity contribution < 1.29 is 5.11 Å². The minimum atomic E-state index is -0.419. The van der Waals surface area contributed by atoms with Gasteiger partial charge in [0, 0.05) is 13.0 Å². The van der Waals surface area contributed by atoms with Gasteiger partial charge < -0.3 is 10.8 Å². The summed E-state index contributed by atoms with van der Waals surface area (Å²) in [4.78, 5) is 4.43. The Balaban J connectivity index is 2.20. The van der Waals surface area contributed by atoms with Gasteiger partial charge in [0.05, 0.1) is 12.6 Å². The molecule has 1 aromatic rings. The predicted molar refractivity (Wildman–Crippen MR) is 56.2 cm³/mol. The van der Waals surface area contributed by atoms with Gasteiger partial charge in [-0.25, -0.2) is 4.98 Å². The zero-order valence-electron chi connectivity index (χ0n) is 9.06. The van der Waals surface area contributed by atoms with Gasteiger partial charge in [-0.05, 0) is 12.8 Å². The molecular formula is C10H18N4O. The highest BCUT2D eigenvalue weighted by Gasteiger charge is 2.23. The SMILES string of the molecule is Cn1nc(C2CCCC2)nc1C(N)CO. The van der Waals surface area contributed by atoms with E-state index >= 15 is 0 Å². The van der Waals surface area contributed by atoms with E-state index in [0.29, 0.717) is 11.7 Å². The van der Waals surface area contributed by atoms with Crippen molar-refractivity contribution in [2.45, 2.75) is 37.6 Å². The van der Waals surface area contributed by atoms with Crippen molar-refractivity contribution in [2.24, 2.45) is 12.8 Å². The molecule has 84 valence electrons. The van der Waals surface area contributed by atoms with Gasteiger partial charge in [-0.15, -0.1) is 0 Å². The number of hydrogen-bond acceptors (Lipinski definition) is 4. The molecular weight excluding hydrogens is 192 g/mol. The van der Waals surface area contributed by atoms with Crippen LogP contribution in [0.25, 0.3) is 0 Å². The molecule has 1 heterocycles. The number of aliphatic hydroxyl groups is 1. The van der Waals surface area contributed by atoms with Crippen molar-refractivity contribution in [3.63, 3.8) is 0 Å². The first kappa shape index (κ1) is 10.6. The zero-order chi connectivity index (χ0) is 10.8. The highest BCUT2D eigenvalue weighted by molar-refractivity contribution is 5.04. The van der Waals surface area contributed by atoms with E-state index in [0.717, 1.165) is 5.82 Å². The molecule has 1 aliphatic rings. The summed E-state index contributed by atoms with van der Waals surface area (Å²) in [5, 5.41) is 13.4. The monoisotopic (exact) mass is 210 g/mol. The predicted octanol–water partition coefficient (Wildman–Crippen LogP) is 0.465. The molecule has 1 atom stereocenters. The van der Waals surface area contributed by atoms with E-state index in [-0.39, 0.29) is 6.61 Å². The average molecular weight is 210 g/mol. The fourth-order valence-corrected chi connectivity index (χ4v) is 2.18. The second kappa shape index (κ2) is 4.28. The summed E-state index contributed by atoms with van der Waals surface area (Å²) in [5.74, 6) is 2.07. The van der Waals surface area contributed by atoms with Crippen LogP contribution >= 0.6 is 0 Å². The maximum absolute atomic E-state index is 8.98. The Morgan fingerprint density at radius 3 is 2.80 bits per heavy atom. The van der Waals surface area contributed by atoms with Crippen LogP contribution in [0.3, 0.4) is 0 Å². The Morgan fingerprint density at radius 1 is 1.53 bits per heavy atom. The zero-order valence-corrected chi connectivity index (χ0v) is 9.06. The lowest BCUT2D eigenvalue weighted by molar-refractivity contribution is 0.260. The van der Waals surface area contributed by atoms with Gasteiger partial charge >= 0.3 is 0 Å². The molecule has 1 unspecified atom stereocenters. The molecule has 0 saturated heterocycles. The van der Waals surface area contributed by atoms with Gasteiger partial charge in [-0.3, -0.25) is 4.68 Å². The summed E-state index contributed by atoms with van der Waals surface area (Å²) in [6, 6.07) is -0.419. The van der Waals surface area contributed by atoms with Crippen LogP contribution < -0.4 is 5.73 Å². The van der Waals surface area contributed by atoms with Crippen molar-refractivity contribution in [3.05, 3.63) is 11.6 Å². The molecule has 5 heteroatoms. The van der Waals surface area contributed by atoms with Crippen LogP contribution in [0.5, 0.6) is 0 Å². The maximum atomic E-state index is 8.98. The van der Waals surface area contributed by atoms with Crippen LogP contribution in [-0.2, 0) is 7.05 Å². The Bertz CT molecular complexity index is 330. The number of nitrogens with two attached hydrogens (primary N) is 1. The number of aromatic nitrogens is 3. The van der Waals surface area contributed by atoms with Crippen LogP contribution in [0, 0.1) is 0 Å². The fraction of sp³-hybridized carbons (Fsp3) is 0.800. The summed E-state index contributed by atoms with van der Waals surface area (Å²) in [5.41, 5.74) is 5.73. The Hall–Kier alpha value is -0.940. The minimum absolute atomic E-state index is 0.0867. The number of hydrogen-bond donors (Lipinski definition) is 2. The molecule has 1 fully saturated rings. The lowest BCUT2D eigenvalue weighted by atomic mass is 10.1. The maximum Gasteiger partial charge on any atom is 0.154 e. The Labute approximate surface area is 89.3 Å². The first-order valence-electron chi connectivity index (χ1n) is 5.49. The number of aryl methyl sites for hydroxylation is 1. The van der Waals surface area contributed by atoms with Gasteiger partial charge in [-0.2, -0.15) is 5.10 Å². The third-order valence-electron chi connectivity index (χ3n) is 3.06. The van der Waals surface area contributed by atoms with E-state index in [1.807, 2.05) is 7.05 Å². The van der Waals surface area contributed by atoms with Crippen LogP contribution in [-0.4, -0.2) is 26.5 Å². The normalized spacial score (nSPS) is 19.7. The van der Waals surface area contributed by atoms with Crippen molar-refractivity contribution in [2.75, 3.05) is 6.61 Å². The first-order chi connectivity index (χ1) is 7.22. The van der Waals surface area contributed by atoms with Crippen molar-refractivity contribution in [1.29, 1.82) is 0 Å². The fourth-order valence-electron chi connectivity index (χ4n) is 2.18. The smallest absolute Gasteiger partial charge is 0.154 e.